The van der Waals surface area contributed by atoms with Crippen LogP contribution in [0.15, 0.2) is 0 Å². The maximum Gasteiger partial charge on any atom is 0.317 e. The number of urea groups is 1. The molecule has 1 N–H and O–H groups in total. The number of halogens is 2. The van der Waals surface area contributed by atoms with Crippen molar-refractivity contribution < 1.29 is 13.6 Å². The van der Waals surface area contributed by atoms with Gasteiger partial charge in [-0.1, -0.05) is 6.92 Å². The second kappa shape index (κ2) is 9.82. The Bertz CT molecular complexity index is 890. The van der Waals surface area contributed by atoms with E-state index in [0.717, 1.165) is 49.0 Å². The number of alkyl halides is 2. The lowest BCUT2D eigenvalue weighted by molar-refractivity contribution is -0.0973. The summed E-state index contributed by atoms with van der Waals surface area (Å²) in [6.45, 7) is 11.0. The molecule has 35 heavy (non-hydrogen) atoms. The Hall–Kier alpha value is -1.39. The fraction of sp³-hybridized carbons (Fsp3) is 0.880. The average molecular weight is 511 g/mol. The van der Waals surface area contributed by atoms with Gasteiger partial charge < -0.3 is 10.2 Å². The van der Waals surface area contributed by atoms with Crippen LogP contribution in [0.2, 0.25) is 0 Å². The lowest BCUT2D eigenvalue weighted by Gasteiger charge is -2.48. The molecule has 2 aliphatic heterocycles. The van der Waals surface area contributed by atoms with Gasteiger partial charge in [-0.2, -0.15) is 0 Å². The molecule has 0 radical (unpaired) electrons. The Morgan fingerprint density at radius 2 is 1.71 bits per heavy atom. The molecule has 4 fully saturated rings. The van der Waals surface area contributed by atoms with Crippen LogP contribution in [0.1, 0.15) is 81.7 Å². The Morgan fingerprint density at radius 3 is 2.34 bits per heavy atom. The maximum atomic E-state index is 15.1. The number of nitrogens with one attached hydrogen (secondary N) is 1. The maximum absolute atomic E-state index is 15.1. The van der Waals surface area contributed by atoms with E-state index in [1.165, 1.54) is 12.8 Å². The average Bonchev–Trinajstić information content (AvgIpc) is 3.56. The number of nitrogens with zero attached hydrogens (tertiary/aromatic N) is 5. The van der Waals surface area contributed by atoms with E-state index in [2.05, 4.69) is 46.1 Å². The van der Waals surface area contributed by atoms with E-state index in [0.29, 0.717) is 37.9 Å². The first-order valence-electron chi connectivity index (χ1n) is 13.4. The van der Waals surface area contributed by atoms with Gasteiger partial charge in [-0.25, -0.2) is 13.6 Å². The molecule has 2 amide bonds. The second-order valence-electron chi connectivity index (χ2n) is 11.6. The van der Waals surface area contributed by atoms with Crippen LogP contribution in [0.25, 0.3) is 0 Å². The fourth-order valence-electron chi connectivity index (χ4n) is 5.95. The number of carbonyl (C=O) groups excluding carboxylic acids is 1. The fourth-order valence-corrected chi connectivity index (χ4v) is 7.16. The second-order valence-corrected chi connectivity index (χ2v) is 12.6. The lowest BCUT2D eigenvalue weighted by Crippen LogP contribution is -2.66. The van der Waals surface area contributed by atoms with E-state index in [9.17, 15) is 4.79 Å². The smallest absolute Gasteiger partial charge is 0.317 e. The van der Waals surface area contributed by atoms with Crippen molar-refractivity contribution in [2.45, 2.75) is 101 Å². The molecule has 2 aliphatic carbocycles. The van der Waals surface area contributed by atoms with Gasteiger partial charge in [-0.05, 0) is 52.4 Å². The molecule has 4 aliphatic rings. The zero-order chi connectivity index (χ0) is 24.8. The molecule has 10 heteroatoms. The van der Waals surface area contributed by atoms with Crippen molar-refractivity contribution in [3.05, 3.63) is 10.0 Å². The summed E-state index contributed by atoms with van der Waals surface area (Å²) in [7, 11) is 0. The van der Waals surface area contributed by atoms with E-state index < -0.39 is 12.0 Å². The van der Waals surface area contributed by atoms with E-state index in [1.807, 2.05) is 0 Å². The van der Waals surface area contributed by atoms with Crippen LogP contribution in [0.3, 0.4) is 0 Å². The molecule has 2 unspecified atom stereocenters. The molecule has 5 rings (SSSR count). The summed E-state index contributed by atoms with van der Waals surface area (Å²) in [4.78, 5) is 19.5. The molecule has 0 spiro atoms. The summed E-state index contributed by atoms with van der Waals surface area (Å²) in [5, 5.41) is 13.9. The number of piperidine rings is 1. The molecule has 0 bridgehead atoms. The minimum atomic E-state index is -2.89. The lowest BCUT2D eigenvalue weighted by atomic mass is 9.81. The molecule has 1 aromatic heterocycles. The summed E-state index contributed by atoms with van der Waals surface area (Å²) < 4.78 is 30.3. The number of carbonyl (C=O) groups is 1. The number of hydrogen-bond acceptors (Lipinski definition) is 6. The molecule has 1 aromatic rings. The number of hydrogen-bond donors (Lipinski definition) is 1. The molecule has 2 atom stereocenters. The van der Waals surface area contributed by atoms with Gasteiger partial charge in [0.1, 0.15) is 16.1 Å². The molecular weight excluding hydrogens is 470 g/mol. The molecule has 0 aromatic carbocycles. The standard InChI is InChI=1S/C25H40F2N6OS/c1-17(2)31-13-15-32(16-14-31)19-5-4-8-25(26,27)20(19)28-23(34)33-11-9-24(3,10-12-33)22-30-29-21(35-22)18-6-7-18/h17-20H,4-16H2,1-3H3,(H,28,34). The van der Waals surface area contributed by atoms with E-state index in [-0.39, 0.29) is 23.9 Å². The number of likely N-dealkylation sites (tertiary alicyclic amines) is 1. The third-order valence-corrected chi connectivity index (χ3v) is 10.1. The number of amides is 2. The Kier molecular flexibility index (Phi) is 7.09. The molecule has 3 heterocycles. The monoisotopic (exact) mass is 510 g/mol. The molecular formula is C25H40F2N6OS. The zero-order valence-corrected chi connectivity index (χ0v) is 22.1. The SMILES string of the molecule is CC(C)N1CCN(C2CCCC(F)(F)C2NC(=O)N2CCC(C)(c3nnc(C4CC4)s3)CC2)CC1. The summed E-state index contributed by atoms with van der Waals surface area (Å²) in [5.74, 6) is -2.29. The van der Waals surface area contributed by atoms with Crippen molar-refractivity contribution in [1.82, 2.24) is 30.2 Å². The van der Waals surface area contributed by atoms with E-state index >= 15 is 8.78 Å². The number of aromatic nitrogens is 2. The number of piperazine rings is 1. The molecule has 2 saturated heterocycles. The highest BCUT2D eigenvalue weighted by atomic mass is 32.1. The van der Waals surface area contributed by atoms with Gasteiger partial charge in [0, 0.05) is 69.1 Å². The first-order valence-corrected chi connectivity index (χ1v) is 14.2. The Labute approximate surface area is 211 Å². The van der Waals surface area contributed by atoms with Crippen LogP contribution in [0.5, 0.6) is 0 Å². The van der Waals surface area contributed by atoms with Gasteiger partial charge in [0.15, 0.2) is 0 Å². The van der Waals surface area contributed by atoms with Crippen LogP contribution >= 0.6 is 11.3 Å². The van der Waals surface area contributed by atoms with Crippen LogP contribution in [0, 0.1) is 0 Å². The minimum absolute atomic E-state index is 0.102. The van der Waals surface area contributed by atoms with Crippen LogP contribution in [-0.4, -0.2) is 94.2 Å². The number of rotatable bonds is 5. The van der Waals surface area contributed by atoms with Crippen molar-refractivity contribution in [2.24, 2.45) is 0 Å². The van der Waals surface area contributed by atoms with E-state index in [1.54, 1.807) is 16.2 Å². The third-order valence-electron chi connectivity index (χ3n) is 8.71. The highest BCUT2D eigenvalue weighted by Crippen LogP contribution is 2.44. The van der Waals surface area contributed by atoms with Crippen LogP contribution in [0.4, 0.5) is 13.6 Å². The Balaban J connectivity index is 1.20. The zero-order valence-electron chi connectivity index (χ0n) is 21.3. The highest BCUT2D eigenvalue weighted by molar-refractivity contribution is 7.11. The normalized spacial score (nSPS) is 29.9. The van der Waals surface area contributed by atoms with Gasteiger partial charge in [0.2, 0.25) is 0 Å². The summed E-state index contributed by atoms with van der Waals surface area (Å²) >= 11 is 1.72. The predicted octanol–water partition coefficient (Wildman–Crippen LogP) is 4.06. The van der Waals surface area contributed by atoms with Gasteiger partial charge in [-0.3, -0.25) is 9.80 Å². The molecule has 2 saturated carbocycles. The predicted molar refractivity (Wildman–Crippen MR) is 133 cm³/mol. The Morgan fingerprint density at radius 1 is 1.03 bits per heavy atom. The van der Waals surface area contributed by atoms with Gasteiger partial charge >= 0.3 is 6.03 Å². The van der Waals surface area contributed by atoms with Crippen LogP contribution < -0.4 is 5.32 Å². The van der Waals surface area contributed by atoms with Crippen LogP contribution in [-0.2, 0) is 5.41 Å². The summed E-state index contributed by atoms with van der Waals surface area (Å²) in [5.41, 5.74) is -0.102. The van der Waals surface area contributed by atoms with Gasteiger partial charge in [-0.15, -0.1) is 21.5 Å². The summed E-state index contributed by atoms with van der Waals surface area (Å²) in [6, 6.07) is -1.33. The first kappa shape index (κ1) is 25.3. The first-order chi connectivity index (χ1) is 16.7. The van der Waals surface area contributed by atoms with E-state index in [4.69, 9.17) is 0 Å². The minimum Gasteiger partial charge on any atom is -0.328 e. The van der Waals surface area contributed by atoms with Gasteiger partial charge in [0.25, 0.3) is 5.92 Å². The van der Waals surface area contributed by atoms with Crippen molar-refractivity contribution in [3.8, 4) is 0 Å². The third kappa shape index (κ3) is 5.34. The molecule has 7 nitrogen and oxygen atoms in total. The van der Waals surface area contributed by atoms with Crippen molar-refractivity contribution in [1.29, 1.82) is 0 Å². The van der Waals surface area contributed by atoms with Crippen molar-refractivity contribution >= 4 is 17.4 Å². The summed E-state index contributed by atoms with van der Waals surface area (Å²) in [6.07, 6.45) is 5.03. The highest BCUT2D eigenvalue weighted by Gasteiger charge is 2.50. The van der Waals surface area contributed by atoms with Crippen molar-refractivity contribution in [3.63, 3.8) is 0 Å². The van der Waals surface area contributed by atoms with Crippen molar-refractivity contribution in [2.75, 3.05) is 39.3 Å². The quantitative estimate of drug-likeness (QED) is 0.647. The largest absolute Gasteiger partial charge is 0.328 e. The topological polar surface area (TPSA) is 64.6 Å². The van der Waals surface area contributed by atoms with Gasteiger partial charge in [0.05, 0.1) is 0 Å². The molecule has 196 valence electrons.